The molecule has 0 saturated carbocycles. The number of nitrogens with zero attached hydrogens (tertiary/aromatic N) is 4. The van der Waals surface area contributed by atoms with Crippen LogP contribution < -0.4 is 10.6 Å². The zero-order valence-electron chi connectivity index (χ0n) is 19.6. The number of anilines is 1. The molecular weight excluding hydrogens is 440 g/mol. The summed E-state index contributed by atoms with van der Waals surface area (Å²) in [5.41, 5.74) is 0.971. The first-order chi connectivity index (χ1) is 15.6. The molecule has 9 nitrogen and oxygen atoms in total. The van der Waals surface area contributed by atoms with Crippen molar-refractivity contribution in [2.45, 2.75) is 31.5 Å². The van der Waals surface area contributed by atoms with Gasteiger partial charge in [0, 0.05) is 62.4 Å². The molecule has 2 N–H and O–H groups in total. The normalized spacial score (nSPS) is 14.7. The van der Waals surface area contributed by atoms with Gasteiger partial charge in [0.05, 0.1) is 12.3 Å². The molecule has 0 spiro atoms. The average Bonchev–Trinajstić information content (AvgIpc) is 3.16. The summed E-state index contributed by atoms with van der Waals surface area (Å²) < 4.78 is 1.86. The Morgan fingerprint density at radius 3 is 2.27 bits per heavy atom. The Morgan fingerprint density at radius 1 is 1.03 bits per heavy atom. The zero-order valence-corrected chi connectivity index (χ0v) is 20.4. The predicted octanol–water partition coefficient (Wildman–Crippen LogP) is 1.82. The van der Waals surface area contributed by atoms with Gasteiger partial charge in [0.2, 0.25) is 11.8 Å². The molecule has 1 aromatic heterocycles. The lowest BCUT2D eigenvalue weighted by molar-refractivity contribution is -0.124. The van der Waals surface area contributed by atoms with Gasteiger partial charge in [0.25, 0.3) is 5.91 Å². The highest BCUT2D eigenvalue weighted by Crippen LogP contribution is 2.17. The van der Waals surface area contributed by atoms with E-state index in [0.29, 0.717) is 44.0 Å². The summed E-state index contributed by atoms with van der Waals surface area (Å²) >= 11 is 1.36. The van der Waals surface area contributed by atoms with Gasteiger partial charge in [0.1, 0.15) is 0 Å². The number of hydrogen-bond acceptors (Lipinski definition) is 6. The Morgan fingerprint density at radius 2 is 1.70 bits per heavy atom. The highest BCUT2D eigenvalue weighted by atomic mass is 32.2. The highest BCUT2D eigenvalue weighted by Gasteiger charge is 2.24. The number of imidazole rings is 1. The van der Waals surface area contributed by atoms with E-state index in [1.807, 2.05) is 38.6 Å². The molecule has 0 unspecified atom stereocenters. The van der Waals surface area contributed by atoms with Crippen LogP contribution in [0, 0.1) is 0 Å². The monoisotopic (exact) mass is 472 g/mol. The van der Waals surface area contributed by atoms with Crippen LogP contribution in [0.2, 0.25) is 0 Å². The lowest BCUT2D eigenvalue weighted by Crippen LogP contribution is -2.52. The molecule has 1 aliphatic heterocycles. The second-order valence-corrected chi connectivity index (χ2v) is 10.0. The molecule has 3 amide bonds. The van der Waals surface area contributed by atoms with Gasteiger partial charge in [-0.25, -0.2) is 4.98 Å². The molecule has 1 fully saturated rings. The van der Waals surface area contributed by atoms with Crippen molar-refractivity contribution in [2.75, 3.05) is 43.8 Å². The quantitative estimate of drug-likeness (QED) is 0.597. The Hall–Kier alpha value is -2.85. The molecule has 1 aromatic carbocycles. The first-order valence-corrected chi connectivity index (χ1v) is 11.9. The van der Waals surface area contributed by atoms with E-state index < -0.39 is 0 Å². The van der Waals surface area contributed by atoms with Crippen molar-refractivity contribution in [2.24, 2.45) is 7.05 Å². The molecule has 33 heavy (non-hydrogen) atoms. The average molecular weight is 473 g/mol. The summed E-state index contributed by atoms with van der Waals surface area (Å²) in [6.07, 6.45) is 3.53. The summed E-state index contributed by atoms with van der Waals surface area (Å²) in [5.74, 6) is 0.0766. The van der Waals surface area contributed by atoms with Crippen molar-refractivity contribution in [3.05, 3.63) is 42.2 Å². The van der Waals surface area contributed by atoms with Gasteiger partial charge >= 0.3 is 0 Å². The highest BCUT2D eigenvalue weighted by molar-refractivity contribution is 7.99. The maximum Gasteiger partial charge on any atom is 0.253 e. The maximum atomic E-state index is 12.8. The predicted molar refractivity (Wildman–Crippen MR) is 129 cm³/mol. The van der Waals surface area contributed by atoms with Crippen LogP contribution in [0.1, 0.15) is 31.1 Å². The van der Waals surface area contributed by atoms with Crippen LogP contribution in [0.25, 0.3) is 0 Å². The number of amides is 3. The molecule has 2 heterocycles. The number of carbonyl (C=O) groups excluding carboxylic acids is 3. The van der Waals surface area contributed by atoms with Gasteiger partial charge in [-0.05, 0) is 45.0 Å². The van der Waals surface area contributed by atoms with Crippen molar-refractivity contribution < 1.29 is 14.4 Å². The first-order valence-electron chi connectivity index (χ1n) is 10.9. The summed E-state index contributed by atoms with van der Waals surface area (Å²) in [4.78, 5) is 45.2. The lowest BCUT2D eigenvalue weighted by atomic mass is 10.1. The second kappa shape index (κ2) is 10.8. The number of aryl methyl sites for hydroxylation is 1. The third-order valence-corrected chi connectivity index (χ3v) is 6.12. The van der Waals surface area contributed by atoms with Gasteiger partial charge < -0.3 is 20.1 Å². The van der Waals surface area contributed by atoms with E-state index >= 15 is 0 Å². The molecular formula is C23H32N6O3S. The number of carbonyl (C=O) groups is 3. The smallest absolute Gasteiger partial charge is 0.253 e. The Bertz CT molecular complexity index is 975. The van der Waals surface area contributed by atoms with Crippen molar-refractivity contribution in [3.8, 4) is 0 Å². The minimum absolute atomic E-state index is 0.00164. The number of aromatic nitrogens is 2. The van der Waals surface area contributed by atoms with E-state index in [0.717, 1.165) is 5.16 Å². The Kier molecular flexibility index (Phi) is 8.15. The SMILES string of the molecule is Cn1ccnc1SCC(=O)Nc1ccc(C(=O)N2CCN(CC(=O)NC(C)(C)C)CC2)cc1. The molecule has 1 saturated heterocycles. The lowest BCUT2D eigenvalue weighted by Gasteiger charge is -2.35. The fourth-order valence-electron chi connectivity index (χ4n) is 3.47. The molecule has 3 rings (SSSR count). The molecule has 0 radical (unpaired) electrons. The largest absolute Gasteiger partial charge is 0.350 e. The van der Waals surface area contributed by atoms with E-state index in [1.165, 1.54) is 11.8 Å². The van der Waals surface area contributed by atoms with E-state index in [4.69, 9.17) is 0 Å². The third-order valence-electron chi connectivity index (χ3n) is 5.07. The Labute approximate surface area is 198 Å². The summed E-state index contributed by atoms with van der Waals surface area (Å²) in [6, 6.07) is 6.94. The number of benzene rings is 1. The molecule has 0 aliphatic carbocycles. The van der Waals surface area contributed by atoms with Gasteiger partial charge in [-0.2, -0.15) is 0 Å². The van der Waals surface area contributed by atoms with Gasteiger partial charge in [-0.1, -0.05) is 11.8 Å². The van der Waals surface area contributed by atoms with Crippen molar-refractivity contribution in [1.29, 1.82) is 0 Å². The van der Waals surface area contributed by atoms with E-state index in [1.54, 1.807) is 35.4 Å². The van der Waals surface area contributed by atoms with Crippen LogP contribution in [0.5, 0.6) is 0 Å². The third kappa shape index (κ3) is 7.61. The number of nitrogens with one attached hydrogen (secondary N) is 2. The summed E-state index contributed by atoms with van der Waals surface area (Å²) in [7, 11) is 1.88. The van der Waals surface area contributed by atoms with Crippen LogP contribution in [-0.2, 0) is 16.6 Å². The standard InChI is InChI=1S/C23H32N6O3S/c1-23(2,3)26-19(30)15-28-11-13-29(14-12-28)21(32)17-5-7-18(8-6-17)25-20(31)16-33-22-24-9-10-27(22)4/h5-10H,11-16H2,1-4H3,(H,25,31)(H,26,30). The number of thioether (sulfide) groups is 1. The van der Waals surface area contributed by atoms with Crippen LogP contribution >= 0.6 is 11.8 Å². The van der Waals surface area contributed by atoms with E-state index in [-0.39, 0.29) is 29.0 Å². The van der Waals surface area contributed by atoms with Gasteiger partial charge in [-0.3, -0.25) is 19.3 Å². The molecule has 178 valence electrons. The Balaban J connectivity index is 1.44. The number of rotatable bonds is 7. The summed E-state index contributed by atoms with van der Waals surface area (Å²) in [5, 5.41) is 6.59. The van der Waals surface area contributed by atoms with Crippen LogP contribution in [-0.4, -0.2) is 81.1 Å². The van der Waals surface area contributed by atoms with Crippen molar-refractivity contribution in [1.82, 2.24) is 24.7 Å². The summed E-state index contributed by atoms with van der Waals surface area (Å²) in [6.45, 7) is 8.68. The van der Waals surface area contributed by atoms with Crippen molar-refractivity contribution >= 4 is 35.2 Å². The van der Waals surface area contributed by atoms with Crippen molar-refractivity contribution in [3.63, 3.8) is 0 Å². The number of hydrogen-bond donors (Lipinski definition) is 2. The second-order valence-electron chi connectivity index (χ2n) is 9.10. The molecule has 0 atom stereocenters. The molecule has 1 aliphatic rings. The van der Waals surface area contributed by atoms with E-state index in [2.05, 4.69) is 20.5 Å². The number of piperazine rings is 1. The van der Waals surface area contributed by atoms with Gasteiger partial charge in [-0.15, -0.1) is 0 Å². The zero-order chi connectivity index (χ0) is 24.0. The first kappa shape index (κ1) is 24.8. The molecule has 0 bridgehead atoms. The molecule has 10 heteroatoms. The van der Waals surface area contributed by atoms with Crippen LogP contribution in [0.15, 0.2) is 41.8 Å². The topological polar surface area (TPSA) is 99.6 Å². The van der Waals surface area contributed by atoms with Gasteiger partial charge in [0.15, 0.2) is 5.16 Å². The van der Waals surface area contributed by atoms with Crippen LogP contribution in [0.4, 0.5) is 5.69 Å². The molecule has 2 aromatic rings. The van der Waals surface area contributed by atoms with E-state index in [9.17, 15) is 14.4 Å². The van der Waals surface area contributed by atoms with Crippen LogP contribution in [0.3, 0.4) is 0 Å². The maximum absolute atomic E-state index is 12.8. The minimum Gasteiger partial charge on any atom is -0.350 e. The fourth-order valence-corrected chi connectivity index (χ4v) is 4.20. The fraction of sp³-hybridized carbons (Fsp3) is 0.478. The minimum atomic E-state index is -0.252.